The standard InChI is InChI=1S/C18H27NO5/c1-12(15(20)21)19(17(22)18(2,3)4)11-13-9-7-8-10-14(13)16(23-5)24-6/h7-10,12,16H,11H2,1-6H3,(H,20,21)/t12-/m0/s1. The quantitative estimate of drug-likeness (QED) is 0.774. The molecule has 0 aliphatic carbocycles. The van der Waals surface area contributed by atoms with E-state index in [2.05, 4.69) is 0 Å². The van der Waals surface area contributed by atoms with Crippen LogP contribution in [0.2, 0.25) is 0 Å². The van der Waals surface area contributed by atoms with Gasteiger partial charge < -0.3 is 19.5 Å². The van der Waals surface area contributed by atoms with Gasteiger partial charge in [0.05, 0.1) is 0 Å². The van der Waals surface area contributed by atoms with Crippen molar-refractivity contribution in [3.63, 3.8) is 0 Å². The van der Waals surface area contributed by atoms with Crippen LogP contribution in [-0.4, -0.2) is 42.1 Å². The number of hydrogen-bond donors (Lipinski definition) is 1. The molecule has 24 heavy (non-hydrogen) atoms. The van der Waals surface area contributed by atoms with E-state index in [9.17, 15) is 14.7 Å². The third-order valence-corrected chi connectivity index (χ3v) is 3.81. The number of hydrogen-bond acceptors (Lipinski definition) is 4. The lowest BCUT2D eigenvalue weighted by atomic mass is 9.93. The number of carbonyl (C=O) groups excluding carboxylic acids is 1. The highest BCUT2D eigenvalue weighted by Gasteiger charge is 2.33. The molecule has 0 aliphatic heterocycles. The summed E-state index contributed by atoms with van der Waals surface area (Å²) in [5.41, 5.74) is 0.879. The Balaban J connectivity index is 3.25. The summed E-state index contributed by atoms with van der Waals surface area (Å²) in [7, 11) is 3.06. The number of benzene rings is 1. The molecule has 0 spiro atoms. The lowest BCUT2D eigenvalue weighted by molar-refractivity contribution is -0.154. The Morgan fingerprint density at radius 1 is 1.17 bits per heavy atom. The first-order valence-corrected chi connectivity index (χ1v) is 7.80. The van der Waals surface area contributed by atoms with Gasteiger partial charge in [0.1, 0.15) is 6.04 Å². The number of amides is 1. The van der Waals surface area contributed by atoms with Crippen molar-refractivity contribution in [2.24, 2.45) is 5.41 Å². The first kappa shape index (κ1) is 20.1. The van der Waals surface area contributed by atoms with Gasteiger partial charge in [-0.05, 0) is 12.5 Å². The van der Waals surface area contributed by atoms with Crippen molar-refractivity contribution >= 4 is 11.9 Å². The maximum atomic E-state index is 12.7. The van der Waals surface area contributed by atoms with Crippen molar-refractivity contribution in [1.29, 1.82) is 0 Å². The summed E-state index contributed by atoms with van der Waals surface area (Å²) in [5.74, 6) is -1.27. The molecule has 1 atom stereocenters. The molecule has 1 N–H and O–H groups in total. The molecule has 0 saturated heterocycles. The Labute approximate surface area is 143 Å². The Morgan fingerprint density at radius 2 is 1.71 bits per heavy atom. The SMILES string of the molecule is COC(OC)c1ccccc1CN(C(=O)C(C)(C)C)[C@@H](C)C(=O)O. The molecule has 1 aromatic rings. The predicted molar refractivity (Wildman–Crippen MR) is 90.3 cm³/mol. The van der Waals surface area contributed by atoms with Crippen LogP contribution in [0.3, 0.4) is 0 Å². The number of carboxylic acid groups (broad SMARTS) is 1. The van der Waals surface area contributed by atoms with E-state index >= 15 is 0 Å². The van der Waals surface area contributed by atoms with E-state index in [0.717, 1.165) is 11.1 Å². The Bertz CT molecular complexity index is 575. The molecule has 6 heteroatoms. The van der Waals surface area contributed by atoms with Crippen molar-refractivity contribution in [2.45, 2.75) is 46.6 Å². The molecule has 0 fully saturated rings. The van der Waals surface area contributed by atoms with Crippen LogP contribution in [0.25, 0.3) is 0 Å². The lowest BCUT2D eigenvalue weighted by Crippen LogP contribution is -2.47. The number of aliphatic carboxylic acids is 1. The fourth-order valence-corrected chi connectivity index (χ4v) is 2.39. The normalized spacial score (nSPS) is 13.0. The predicted octanol–water partition coefficient (Wildman–Crippen LogP) is 2.83. The highest BCUT2D eigenvalue weighted by Crippen LogP contribution is 2.26. The maximum absolute atomic E-state index is 12.7. The van der Waals surface area contributed by atoms with Gasteiger partial charge in [0.15, 0.2) is 6.29 Å². The summed E-state index contributed by atoms with van der Waals surface area (Å²) in [6.07, 6.45) is -0.576. The van der Waals surface area contributed by atoms with Gasteiger partial charge in [-0.2, -0.15) is 0 Å². The van der Waals surface area contributed by atoms with Gasteiger partial charge >= 0.3 is 5.97 Å². The average molecular weight is 337 g/mol. The first-order chi connectivity index (χ1) is 11.1. The Kier molecular flexibility index (Phi) is 6.93. The first-order valence-electron chi connectivity index (χ1n) is 7.80. The van der Waals surface area contributed by atoms with Gasteiger partial charge in [-0.1, -0.05) is 45.0 Å². The smallest absolute Gasteiger partial charge is 0.326 e. The summed E-state index contributed by atoms with van der Waals surface area (Å²) >= 11 is 0. The molecular weight excluding hydrogens is 310 g/mol. The summed E-state index contributed by atoms with van der Waals surface area (Å²) in [6, 6.07) is 6.44. The molecule has 1 rings (SSSR count). The minimum absolute atomic E-state index is 0.170. The largest absolute Gasteiger partial charge is 0.480 e. The molecule has 0 aromatic heterocycles. The minimum atomic E-state index is -1.04. The number of nitrogens with zero attached hydrogens (tertiary/aromatic N) is 1. The maximum Gasteiger partial charge on any atom is 0.326 e. The van der Waals surface area contributed by atoms with Crippen LogP contribution in [0.1, 0.15) is 45.1 Å². The molecule has 1 amide bonds. The zero-order valence-corrected chi connectivity index (χ0v) is 15.2. The van der Waals surface area contributed by atoms with Crippen LogP contribution >= 0.6 is 0 Å². The van der Waals surface area contributed by atoms with E-state index in [-0.39, 0.29) is 12.5 Å². The van der Waals surface area contributed by atoms with E-state index in [4.69, 9.17) is 9.47 Å². The van der Waals surface area contributed by atoms with Gasteiger partial charge in [0.25, 0.3) is 0 Å². The Morgan fingerprint density at radius 3 is 2.17 bits per heavy atom. The number of carboxylic acids is 1. The van der Waals surface area contributed by atoms with E-state index in [1.807, 2.05) is 24.3 Å². The van der Waals surface area contributed by atoms with Gasteiger partial charge in [0, 0.05) is 31.7 Å². The van der Waals surface area contributed by atoms with E-state index in [0.29, 0.717) is 0 Å². The van der Waals surface area contributed by atoms with Crippen molar-refractivity contribution in [2.75, 3.05) is 14.2 Å². The van der Waals surface area contributed by atoms with Crippen molar-refractivity contribution in [1.82, 2.24) is 4.90 Å². The third-order valence-electron chi connectivity index (χ3n) is 3.81. The molecule has 6 nitrogen and oxygen atoms in total. The monoisotopic (exact) mass is 337 g/mol. The minimum Gasteiger partial charge on any atom is -0.480 e. The van der Waals surface area contributed by atoms with Crippen molar-refractivity contribution in [3.05, 3.63) is 35.4 Å². The number of methoxy groups -OCH3 is 2. The molecule has 1 aromatic carbocycles. The molecule has 0 heterocycles. The van der Waals surface area contributed by atoms with Crippen LogP contribution in [0, 0.1) is 5.41 Å². The Hall–Kier alpha value is -1.92. The average Bonchev–Trinajstić information content (AvgIpc) is 2.52. The summed E-state index contributed by atoms with van der Waals surface area (Å²) in [6.45, 7) is 7.00. The topological polar surface area (TPSA) is 76.1 Å². The van der Waals surface area contributed by atoms with Gasteiger partial charge in [-0.15, -0.1) is 0 Å². The second-order valence-electron chi connectivity index (χ2n) is 6.70. The van der Waals surface area contributed by atoms with Crippen LogP contribution < -0.4 is 0 Å². The fraction of sp³-hybridized carbons (Fsp3) is 0.556. The second-order valence-corrected chi connectivity index (χ2v) is 6.70. The van der Waals surface area contributed by atoms with Crippen LogP contribution in [0.5, 0.6) is 0 Å². The van der Waals surface area contributed by atoms with Crippen LogP contribution in [0.4, 0.5) is 0 Å². The second kappa shape index (κ2) is 8.26. The highest BCUT2D eigenvalue weighted by molar-refractivity contribution is 5.86. The summed E-state index contributed by atoms with van der Waals surface area (Å²) < 4.78 is 10.6. The highest BCUT2D eigenvalue weighted by atomic mass is 16.7. The third kappa shape index (κ3) is 4.79. The lowest BCUT2D eigenvalue weighted by Gasteiger charge is -2.33. The van der Waals surface area contributed by atoms with Gasteiger partial charge in [0.2, 0.25) is 5.91 Å². The van der Waals surface area contributed by atoms with Gasteiger partial charge in [-0.3, -0.25) is 4.79 Å². The number of rotatable bonds is 7. The van der Waals surface area contributed by atoms with Crippen LogP contribution in [0.15, 0.2) is 24.3 Å². The molecule has 0 unspecified atom stereocenters. The molecule has 0 radical (unpaired) electrons. The van der Waals surface area contributed by atoms with E-state index < -0.39 is 23.7 Å². The molecule has 0 bridgehead atoms. The van der Waals surface area contributed by atoms with E-state index in [1.165, 1.54) is 26.0 Å². The van der Waals surface area contributed by atoms with Crippen molar-refractivity contribution < 1.29 is 24.2 Å². The van der Waals surface area contributed by atoms with Crippen molar-refractivity contribution in [3.8, 4) is 0 Å². The van der Waals surface area contributed by atoms with Crippen LogP contribution in [-0.2, 0) is 25.6 Å². The summed E-state index contributed by atoms with van der Waals surface area (Å²) in [5, 5.41) is 9.37. The fourth-order valence-electron chi connectivity index (χ4n) is 2.39. The van der Waals surface area contributed by atoms with Gasteiger partial charge in [-0.25, -0.2) is 4.79 Å². The van der Waals surface area contributed by atoms with E-state index in [1.54, 1.807) is 20.8 Å². The number of carbonyl (C=O) groups is 2. The molecule has 134 valence electrons. The molecule has 0 aliphatic rings. The zero-order chi connectivity index (χ0) is 18.5. The summed E-state index contributed by atoms with van der Waals surface area (Å²) in [4.78, 5) is 25.6. The molecular formula is C18H27NO5. The zero-order valence-electron chi connectivity index (χ0n) is 15.2. The molecule has 0 saturated carbocycles. The number of ether oxygens (including phenoxy) is 2.